The average Bonchev–Trinajstić information content (AvgIpc) is 2.57. The Morgan fingerprint density at radius 2 is 1.95 bits per heavy atom. The van der Waals surface area contributed by atoms with Gasteiger partial charge in [0.25, 0.3) is 5.69 Å². The first-order valence-electron chi connectivity index (χ1n) is 7.19. The Bertz CT molecular complexity index is 624. The third-order valence-electron chi connectivity index (χ3n) is 3.77. The van der Waals surface area contributed by atoms with Crippen LogP contribution in [0, 0.1) is 10.1 Å². The Hall–Kier alpha value is -2.54. The highest BCUT2D eigenvalue weighted by molar-refractivity contribution is 5.43. The number of anilines is 1. The van der Waals surface area contributed by atoms with Gasteiger partial charge in [-0.2, -0.15) is 0 Å². The molecule has 2 aromatic rings. The van der Waals surface area contributed by atoms with Crippen molar-refractivity contribution < 1.29 is 4.92 Å². The lowest BCUT2D eigenvalue weighted by Gasteiger charge is -2.35. The van der Waals surface area contributed by atoms with E-state index in [0.29, 0.717) is 0 Å². The second-order valence-corrected chi connectivity index (χ2v) is 5.26. The molecule has 0 radical (unpaired) electrons. The molecular weight excluding hydrogens is 282 g/mol. The van der Waals surface area contributed by atoms with Gasteiger partial charge < -0.3 is 4.90 Å². The lowest BCUT2D eigenvalue weighted by molar-refractivity contribution is -0.385. The molecule has 2 aromatic heterocycles. The van der Waals surface area contributed by atoms with Crippen molar-refractivity contribution in [2.24, 2.45) is 0 Å². The van der Waals surface area contributed by atoms with Gasteiger partial charge in [0.1, 0.15) is 12.0 Å². The molecule has 0 bridgehead atoms. The Kier molecular flexibility index (Phi) is 4.24. The quantitative estimate of drug-likeness (QED) is 0.632. The third-order valence-corrected chi connectivity index (χ3v) is 3.77. The van der Waals surface area contributed by atoms with Crippen molar-refractivity contribution in [3.05, 3.63) is 58.5 Å². The molecule has 0 spiro atoms. The first-order valence-corrected chi connectivity index (χ1v) is 7.19. The molecule has 0 unspecified atom stereocenters. The van der Waals surface area contributed by atoms with Crippen LogP contribution in [0.3, 0.4) is 0 Å². The summed E-state index contributed by atoms with van der Waals surface area (Å²) in [6.07, 6.45) is 4.99. The topological polar surface area (TPSA) is 75.4 Å². The van der Waals surface area contributed by atoms with E-state index in [1.54, 1.807) is 12.3 Å². The summed E-state index contributed by atoms with van der Waals surface area (Å²) in [7, 11) is 0. The molecule has 0 saturated carbocycles. The van der Waals surface area contributed by atoms with E-state index in [2.05, 4.69) is 25.8 Å². The molecular formula is C15H17N5O2. The van der Waals surface area contributed by atoms with Gasteiger partial charge in [-0.05, 0) is 17.7 Å². The first kappa shape index (κ1) is 14.4. The number of nitrogens with zero attached hydrogens (tertiary/aromatic N) is 5. The molecule has 3 heterocycles. The molecule has 1 aliphatic rings. The molecule has 0 atom stereocenters. The first-order chi connectivity index (χ1) is 10.7. The normalized spacial score (nSPS) is 15.7. The fraction of sp³-hybridized carbons (Fsp3) is 0.333. The van der Waals surface area contributed by atoms with E-state index in [-0.39, 0.29) is 5.69 Å². The summed E-state index contributed by atoms with van der Waals surface area (Å²) in [6, 6.07) is 7.25. The zero-order valence-corrected chi connectivity index (χ0v) is 12.1. The lowest BCUT2D eigenvalue weighted by Crippen LogP contribution is -2.46. The summed E-state index contributed by atoms with van der Waals surface area (Å²) < 4.78 is 0. The van der Waals surface area contributed by atoms with Crippen molar-refractivity contribution >= 4 is 11.5 Å². The van der Waals surface area contributed by atoms with Crippen molar-refractivity contribution in [1.29, 1.82) is 0 Å². The van der Waals surface area contributed by atoms with E-state index < -0.39 is 4.92 Å². The Labute approximate surface area is 128 Å². The Morgan fingerprint density at radius 3 is 2.55 bits per heavy atom. The monoisotopic (exact) mass is 299 g/mol. The third kappa shape index (κ3) is 3.37. The molecule has 7 nitrogen and oxygen atoms in total. The molecule has 0 aliphatic carbocycles. The average molecular weight is 299 g/mol. The second-order valence-electron chi connectivity index (χ2n) is 5.26. The maximum atomic E-state index is 10.6. The summed E-state index contributed by atoms with van der Waals surface area (Å²) in [5.41, 5.74) is 1.24. The van der Waals surface area contributed by atoms with Crippen LogP contribution < -0.4 is 4.90 Å². The van der Waals surface area contributed by atoms with Gasteiger partial charge >= 0.3 is 0 Å². The highest BCUT2D eigenvalue weighted by Crippen LogP contribution is 2.18. The van der Waals surface area contributed by atoms with Gasteiger partial charge in [0.2, 0.25) is 0 Å². The highest BCUT2D eigenvalue weighted by atomic mass is 16.6. The molecule has 0 aromatic carbocycles. The largest absolute Gasteiger partial charge is 0.354 e. The minimum absolute atomic E-state index is 0.0268. The molecule has 7 heteroatoms. The standard InChI is InChI=1S/C15H17N5O2/c21-20(22)14-3-4-15(17-11-14)19-8-6-18(7-9-19)12-13-2-1-5-16-10-13/h1-5,10-11H,6-9,12H2. The van der Waals surface area contributed by atoms with Gasteiger partial charge in [-0.3, -0.25) is 20.0 Å². The van der Waals surface area contributed by atoms with Crippen LogP contribution >= 0.6 is 0 Å². The summed E-state index contributed by atoms with van der Waals surface area (Å²) in [6.45, 7) is 4.51. The number of piperazine rings is 1. The molecule has 22 heavy (non-hydrogen) atoms. The van der Waals surface area contributed by atoms with Crippen LogP contribution in [0.25, 0.3) is 0 Å². The van der Waals surface area contributed by atoms with Gasteiger partial charge in [0.15, 0.2) is 0 Å². The van der Waals surface area contributed by atoms with E-state index >= 15 is 0 Å². The smallest absolute Gasteiger partial charge is 0.287 e. The highest BCUT2D eigenvalue weighted by Gasteiger charge is 2.18. The zero-order chi connectivity index (χ0) is 15.4. The maximum absolute atomic E-state index is 10.6. The molecule has 0 amide bonds. The Morgan fingerprint density at radius 1 is 1.14 bits per heavy atom. The molecule has 1 saturated heterocycles. The van der Waals surface area contributed by atoms with E-state index in [4.69, 9.17) is 0 Å². The fourth-order valence-electron chi connectivity index (χ4n) is 2.56. The zero-order valence-electron chi connectivity index (χ0n) is 12.1. The van der Waals surface area contributed by atoms with Crippen molar-refractivity contribution in [1.82, 2.24) is 14.9 Å². The number of nitro groups is 1. The van der Waals surface area contributed by atoms with E-state index in [1.165, 1.54) is 17.8 Å². The molecule has 1 aliphatic heterocycles. The Balaban J connectivity index is 1.56. The number of aromatic nitrogens is 2. The van der Waals surface area contributed by atoms with Gasteiger partial charge in [-0.15, -0.1) is 0 Å². The summed E-state index contributed by atoms with van der Waals surface area (Å²) >= 11 is 0. The van der Waals surface area contributed by atoms with Crippen LogP contribution in [-0.4, -0.2) is 46.0 Å². The summed E-state index contributed by atoms with van der Waals surface area (Å²) in [5, 5.41) is 10.6. The number of hydrogen-bond donors (Lipinski definition) is 0. The van der Waals surface area contributed by atoms with Crippen LogP contribution in [0.5, 0.6) is 0 Å². The fourth-order valence-corrected chi connectivity index (χ4v) is 2.56. The SMILES string of the molecule is O=[N+]([O-])c1ccc(N2CCN(Cc3cccnc3)CC2)nc1. The van der Waals surface area contributed by atoms with Crippen LogP contribution in [0.15, 0.2) is 42.9 Å². The van der Waals surface area contributed by atoms with Crippen molar-refractivity contribution in [3.63, 3.8) is 0 Å². The molecule has 114 valence electrons. The minimum Gasteiger partial charge on any atom is -0.354 e. The van der Waals surface area contributed by atoms with Crippen molar-refractivity contribution in [2.75, 3.05) is 31.1 Å². The van der Waals surface area contributed by atoms with Gasteiger partial charge in [0, 0.05) is 51.2 Å². The summed E-state index contributed by atoms with van der Waals surface area (Å²) in [4.78, 5) is 23.1. The molecule has 3 rings (SSSR count). The predicted octanol–water partition coefficient (Wildman–Crippen LogP) is 1.71. The van der Waals surface area contributed by atoms with Gasteiger partial charge in [-0.1, -0.05) is 6.07 Å². The number of hydrogen-bond acceptors (Lipinski definition) is 6. The van der Waals surface area contributed by atoms with Crippen LogP contribution in [0.4, 0.5) is 11.5 Å². The van der Waals surface area contributed by atoms with Crippen molar-refractivity contribution in [2.45, 2.75) is 6.54 Å². The number of rotatable bonds is 4. The van der Waals surface area contributed by atoms with Crippen LogP contribution in [0.1, 0.15) is 5.56 Å². The van der Waals surface area contributed by atoms with E-state index in [1.807, 2.05) is 12.3 Å². The second kappa shape index (κ2) is 6.48. The van der Waals surface area contributed by atoms with Crippen LogP contribution in [-0.2, 0) is 6.54 Å². The lowest BCUT2D eigenvalue weighted by atomic mass is 10.2. The molecule has 0 N–H and O–H groups in total. The minimum atomic E-state index is -0.428. The predicted molar refractivity (Wildman–Crippen MR) is 82.6 cm³/mol. The van der Waals surface area contributed by atoms with Gasteiger partial charge in [-0.25, -0.2) is 4.98 Å². The molecule has 1 fully saturated rings. The van der Waals surface area contributed by atoms with E-state index in [9.17, 15) is 10.1 Å². The summed E-state index contributed by atoms with van der Waals surface area (Å²) in [5.74, 6) is 0.798. The van der Waals surface area contributed by atoms with Crippen LogP contribution in [0.2, 0.25) is 0 Å². The van der Waals surface area contributed by atoms with Gasteiger partial charge in [0.05, 0.1) is 4.92 Å². The van der Waals surface area contributed by atoms with E-state index in [0.717, 1.165) is 38.5 Å². The van der Waals surface area contributed by atoms with Crippen molar-refractivity contribution in [3.8, 4) is 0 Å². The maximum Gasteiger partial charge on any atom is 0.287 e. The number of pyridine rings is 2.